The lowest BCUT2D eigenvalue weighted by Gasteiger charge is -2.22. The van der Waals surface area contributed by atoms with E-state index in [4.69, 9.17) is 0 Å². The van der Waals surface area contributed by atoms with Crippen molar-refractivity contribution in [3.8, 4) is 0 Å². The molecule has 0 saturated heterocycles. The highest BCUT2D eigenvalue weighted by Crippen LogP contribution is 2.27. The van der Waals surface area contributed by atoms with Crippen LogP contribution in [-0.4, -0.2) is 0 Å². The Morgan fingerprint density at radius 3 is 1.63 bits per heavy atom. The molecule has 0 heterocycles. The molecule has 0 aromatic heterocycles. The van der Waals surface area contributed by atoms with Crippen LogP contribution in [0.4, 0.5) is 0 Å². The zero-order valence-corrected chi connectivity index (χ0v) is 14.5. The molecule has 0 aromatic rings. The molecule has 0 aliphatic heterocycles. The summed E-state index contributed by atoms with van der Waals surface area (Å²) in [5.41, 5.74) is 0. The molecule has 0 aliphatic rings. The van der Waals surface area contributed by atoms with Crippen LogP contribution in [-0.2, 0) is 0 Å². The maximum Gasteiger partial charge on any atom is -0.0414 e. The van der Waals surface area contributed by atoms with E-state index in [0.717, 1.165) is 17.8 Å². The minimum absolute atomic E-state index is 0.942. The minimum atomic E-state index is 0.942. The molecule has 0 saturated carbocycles. The predicted molar refractivity (Wildman–Crippen MR) is 89.6 cm³/mol. The van der Waals surface area contributed by atoms with Gasteiger partial charge in [0.25, 0.3) is 0 Å². The van der Waals surface area contributed by atoms with Crippen LogP contribution in [0.15, 0.2) is 0 Å². The van der Waals surface area contributed by atoms with Gasteiger partial charge in [-0.1, -0.05) is 98.8 Å². The first kappa shape index (κ1) is 19.0. The molecule has 0 fully saturated rings. The summed E-state index contributed by atoms with van der Waals surface area (Å²) in [4.78, 5) is 0. The second-order valence-electron chi connectivity index (χ2n) is 6.75. The van der Waals surface area contributed by atoms with Crippen molar-refractivity contribution < 1.29 is 0 Å². The van der Waals surface area contributed by atoms with Gasteiger partial charge >= 0.3 is 0 Å². The van der Waals surface area contributed by atoms with Crippen LogP contribution in [0.25, 0.3) is 0 Å². The first-order valence-electron chi connectivity index (χ1n) is 9.17. The van der Waals surface area contributed by atoms with Gasteiger partial charge in [-0.3, -0.25) is 0 Å². The van der Waals surface area contributed by atoms with Crippen LogP contribution in [0.5, 0.6) is 0 Å². The zero-order valence-electron chi connectivity index (χ0n) is 14.5. The predicted octanol–water partition coefficient (Wildman–Crippen LogP) is 7.23. The number of unbranched alkanes of at least 4 members (excludes halogenated alkanes) is 2. The molecular weight excluding hydrogens is 228 g/mol. The average Bonchev–Trinajstić information content (AvgIpc) is 2.43. The van der Waals surface area contributed by atoms with Crippen molar-refractivity contribution in [1.29, 1.82) is 0 Å². The van der Waals surface area contributed by atoms with E-state index < -0.39 is 0 Å². The summed E-state index contributed by atoms with van der Waals surface area (Å²) in [6, 6.07) is 0. The number of rotatable bonds is 13. The van der Waals surface area contributed by atoms with Gasteiger partial charge < -0.3 is 0 Å². The maximum atomic E-state index is 2.49. The molecule has 3 unspecified atom stereocenters. The third-order valence-electron chi connectivity index (χ3n) is 4.89. The Kier molecular flexibility index (Phi) is 13.0. The molecule has 0 bridgehead atoms. The summed E-state index contributed by atoms with van der Waals surface area (Å²) in [5, 5.41) is 0. The van der Waals surface area contributed by atoms with Crippen molar-refractivity contribution in [2.75, 3.05) is 0 Å². The van der Waals surface area contributed by atoms with Crippen molar-refractivity contribution >= 4 is 0 Å². The monoisotopic (exact) mass is 268 g/mol. The summed E-state index contributed by atoms with van der Waals surface area (Å²) in [5.74, 6) is 2.93. The van der Waals surface area contributed by atoms with Crippen molar-refractivity contribution in [1.82, 2.24) is 0 Å². The lowest BCUT2D eigenvalue weighted by atomic mass is 9.84. The molecule has 0 aliphatic carbocycles. The SMILES string of the molecule is CCCCC(CC)CCC(C)CC(CC)CCCC. The molecule has 0 N–H and O–H groups in total. The lowest BCUT2D eigenvalue weighted by Crippen LogP contribution is -2.08. The Balaban J connectivity index is 3.83. The molecular formula is C19H40. The van der Waals surface area contributed by atoms with Gasteiger partial charge in [-0.25, -0.2) is 0 Å². The van der Waals surface area contributed by atoms with Crippen LogP contribution < -0.4 is 0 Å². The highest BCUT2D eigenvalue weighted by Gasteiger charge is 2.13. The van der Waals surface area contributed by atoms with Gasteiger partial charge in [0.05, 0.1) is 0 Å². The molecule has 0 heteroatoms. The van der Waals surface area contributed by atoms with Gasteiger partial charge in [0.1, 0.15) is 0 Å². The fourth-order valence-corrected chi connectivity index (χ4v) is 3.23. The Hall–Kier alpha value is 0. The van der Waals surface area contributed by atoms with Crippen molar-refractivity contribution in [2.24, 2.45) is 17.8 Å². The Morgan fingerprint density at radius 1 is 0.632 bits per heavy atom. The van der Waals surface area contributed by atoms with Gasteiger partial charge in [0.15, 0.2) is 0 Å². The van der Waals surface area contributed by atoms with E-state index in [0.29, 0.717) is 0 Å². The van der Waals surface area contributed by atoms with Crippen LogP contribution >= 0.6 is 0 Å². The van der Waals surface area contributed by atoms with Crippen LogP contribution in [0, 0.1) is 17.8 Å². The normalized spacial score (nSPS) is 16.3. The number of hydrogen-bond acceptors (Lipinski definition) is 0. The van der Waals surface area contributed by atoms with Crippen LogP contribution in [0.2, 0.25) is 0 Å². The smallest absolute Gasteiger partial charge is 0.0414 e. The van der Waals surface area contributed by atoms with Crippen LogP contribution in [0.3, 0.4) is 0 Å². The number of hydrogen-bond donors (Lipinski definition) is 0. The van der Waals surface area contributed by atoms with E-state index in [1.165, 1.54) is 70.6 Å². The van der Waals surface area contributed by atoms with Gasteiger partial charge in [0.2, 0.25) is 0 Å². The molecule has 0 aromatic carbocycles. The van der Waals surface area contributed by atoms with E-state index in [1.54, 1.807) is 0 Å². The van der Waals surface area contributed by atoms with Gasteiger partial charge in [-0.2, -0.15) is 0 Å². The van der Waals surface area contributed by atoms with E-state index in [9.17, 15) is 0 Å². The first-order chi connectivity index (χ1) is 9.17. The van der Waals surface area contributed by atoms with Crippen molar-refractivity contribution in [3.05, 3.63) is 0 Å². The molecule has 0 amide bonds. The second-order valence-corrected chi connectivity index (χ2v) is 6.75. The average molecular weight is 269 g/mol. The molecule has 3 atom stereocenters. The van der Waals surface area contributed by atoms with E-state index in [-0.39, 0.29) is 0 Å². The molecule has 0 nitrogen and oxygen atoms in total. The van der Waals surface area contributed by atoms with Crippen molar-refractivity contribution in [3.63, 3.8) is 0 Å². The van der Waals surface area contributed by atoms with E-state index in [1.807, 2.05) is 0 Å². The largest absolute Gasteiger partial charge is 0.0654 e. The summed E-state index contributed by atoms with van der Waals surface area (Å²) >= 11 is 0. The third kappa shape index (κ3) is 10.4. The zero-order chi connectivity index (χ0) is 14.5. The Labute approximate surface area is 123 Å². The summed E-state index contributed by atoms with van der Waals surface area (Å²) in [6.07, 6.45) is 15.7. The van der Waals surface area contributed by atoms with E-state index in [2.05, 4.69) is 34.6 Å². The van der Waals surface area contributed by atoms with E-state index >= 15 is 0 Å². The molecule has 116 valence electrons. The topological polar surface area (TPSA) is 0 Å². The van der Waals surface area contributed by atoms with Gasteiger partial charge in [-0.05, 0) is 24.2 Å². The van der Waals surface area contributed by atoms with Crippen LogP contribution in [0.1, 0.15) is 105 Å². The summed E-state index contributed by atoms with van der Waals surface area (Å²) in [7, 11) is 0. The molecule has 19 heavy (non-hydrogen) atoms. The highest BCUT2D eigenvalue weighted by molar-refractivity contribution is 4.66. The Morgan fingerprint density at radius 2 is 1.16 bits per heavy atom. The molecule has 0 rings (SSSR count). The van der Waals surface area contributed by atoms with Gasteiger partial charge in [0, 0.05) is 0 Å². The van der Waals surface area contributed by atoms with Gasteiger partial charge in [-0.15, -0.1) is 0 Å². The standard InChI is InChI=1S/C19H40/c1-6-10-12-18(8-3)15-14-17(5)16-19(9-4)13-11-7-2/h17-19H,6-16H2,1-5H3. The highest BCUT2D eigenvalue weighted by atomic mass is 14.2. The second kappa shape index (κ2) is 13.0. The lowest BCUT2D eigenvalue weighted by molar-refractivity contribution is 0.307. The minimum Gasteiger partial charge on any atom is -0.0654 e. The van der Waals surface area contributed by atoms with Crippen molar-refractivity contribution in [2.45, 2.75) is 105 Å². The third-order valence-corrected chi connectivity index (χ3v) is 4.89. The fraction of sp³-hybridized carbons (Fsp3) is 1.00. The quantitative estimate of drug-likeness (QED) is 0.330. The maximum absolute atomic E-state index is 2.49. The Bertz CT molecular complexity index is 173. The first-order valence-corrected chi connectivity index (χ1v) is 9.17. The summed E-state index contributed by atoms with van der Waals surface area (Å²) in [6.45, 7) is 11.9. The molecule has 0 spiro atoms. The fourth-order valence-electron chi connectivity index (χ4n) is 3.23. The molecule has 0 radical (unpaired) electrons. The summed E-state index contributed by atoms with van der Waals surface area (Å²) < 4.78 is 0.